The third-order valence-electron chi connectivity index (χ3n) is 5.64. The first-order valence-electron chi connectivity index (χ1n) is 9.81. The first kappa shape index (κ1) is 21.8. The van der Waals surface area contributed by atoms with Crippen molar-refractivity contribution in [3.8, 4) is 0 Å². The Kier molecular flexibility index (Phi) is 6.63. The molecule has 0 bridgehead atoms. The largest absolute Gasteiger partial charge is 0.338 e. The smallest absolute Gasteiger partial charge is 0.288 e. The number of thioether (sulfide) groups is 1. The lowest BCUT2D eigenvalue weighted by atomic mass is 9.95. The van der Waals surface area contributed by atoms with Crippen LogP contribution in [0.5, 0.6) is 0 Å². The Labute approximate surface area is 174 Å². The van der Waals surface area contributed by atoms with Crippen LogP contribution in [0.15, 0.2) is 41.8 Å². The number of amides is 2. The van der Waals surface area contributed by atoms with E-state index in [2.05, 4.69) is 11.9 Å². The van der Waals surface area contributed by atoms with Crippen LogP contribution in [0.2, 0.25) is 0 Å². The van der Waals surface area contributed by atoms with E-state index in [4.69, 9.17) is 0 Å². The van der Waals surface area contributed by atoms with Gasteiger partial charge in [-0.2, -0.15) is 8.78 Å². The van der Waals surface area contributed by atoms with Gasteiger partial charge in [0.25, 0.3) is 11.7 Å². The third-order valence-corrected chi connectivity index (χ3v) is 6.34. The summed E-state index contributed by atoms with van der Waals surface area (Å²) in [6, 6.07) is 6.13. The number of hydrogen-bond acceptors (Lipinski definition) is 4. The lowest BCUT2D eigenvalue weighted by molar-refractivity contribution is -0.133. The van der Waals surface area contributed by atoms with Crippen molar-refractivity contribution in [3.63, 3.8) is 0 Å². The van der Waals surface area contributed by atoms with Gasteiger partial charge in [-0.05, 0) is 24.1 Å². The number of piperidine rings is 1. The highest BCUT2D eigenvalue weighted by Gasteiger charge is 2.52. The van der Waals surface area contributed by atoms with Crippen LogP contribution in [0.3, 0.4) is 0 Å². The van der Waals surface area contributed by atoms with E-state index in [0.29, 0.717) is 54.7 Å². The molecule has 2 fully saturated rings. The van der Waals surface area contributed by atoms with Gasteiger partial charge in [-0.1, -0.05) is 37.8 Å². The molecule has 8 heteroatoms. The van der Waals surface area contributed by atoms with Crippen LogP contribution in [-0.2, 0) is 4.79 Å². The van der Waals surface area contributed by atoms with Gasteiger partial charge in [0, 0.05) is 42.9 Å². The zero-order valence-corrected chi connectivity index (χ0v) is 17.6. The standard InChI is InChI=1S/C21H27F2N3O2S/c1-4-10-26-19(28)17(14(2)3)24-21(26)8-11-25(12-9-21)18(27)15-6-5-7-16(13-15)29-20(22)23/h4-7,13-14,17,20,24H,1,8-12H2,2-3H3. The van der Waals surface area contributed by atoms with E-state index in [9.17, 15) is 18.4 Å². The summed E-state index contributed by atoms with van der Waals surface area (Å²) in [5.41, 5.74) is -0.0604. The summed E-state index contributed by atoms with van der Waals surface area (Å²) in [4.78, 5) is 29.7. The molecule has 29 heavy (non-hydrogen) atoms. The number of hydrogen-bond donors (Lipinski definition) is 1. The summed E-state index contributed by atoms with van der Waals surface area (Å²) in [6.07, 6.45) is 2.97. The summed E-state index contributed by atoms with van der Waals surface area (Å²) in [6.45, 7) is 9.26. The average molecular weight is 424 g/mol. The van der Waals surface area contributed by atoms with Crippen LogP contribution < -0.4 is 5.32 Å². The molecule has 5 nitrogen and oxygen atoms in total. The van der Waals surface area contributed by atoms with Gasteiger partial charge in [-0.15, -0.1) is 6.58 Å². The number of carbonyl (C=O) groups excluding carboxylic acids is 2. The number of nitrogens with zero attached hydrogens (tertiary/aromatic N) is 2. The Morgan fingerprint density at radius 2 is 2.07 bits per heavy atom. The third kappa shape index (κ3) is 4.48. The summed E-state index contributed by atoms with van der Waals surface area (Å²) in [5, 5.41) is 3.52. The number of rotatable bonds is 6. The number of benzene rings is 1. The van der Waals surface area contributed by atoms with Crippen LogP contribution in [0.1, 0.15) is 37.0 Å². The van der Waals surface area contributed by atoms with E-state index in [1.165, 1.54) is 6.07 Å². The molecule has 0 saturated carbocycles. The Morgan fingerprint density at radius 1 is 1.38 bits per heavy atom. The first-order valence-corrected chi connectivity index (χ1v) is 10.7. The molecule has 2 amide bonds. The van der Waals surface area contributed by atoms with Crippen LogP contribution in [0.4, 0.5) is 8.78 Å². The molecule has 2 aliphatic rings. The topological polar surface area (TPSA) is 52.7 Å². The molecule has 1 N–H and O–H groups in total. The van der Waals surface area contributed by atoms with Gasteiger partial charge in [0.2, 0.25) is 5.91 Å². The molecule has 0 aliphatic carbocycles. The van der Waals surface area contributed by atoms with Gasteiger partial charge >= 0.3 is 0 Å². The van der Waals surface area contributed by atoms with Gasteiger partial charge in [0.05, 0.1) is 11.7 Å². The van der Waals surface area contributed by atoms with E-state index in [1.54, 1.807) is 29.2 Å². The minimum absolute atomic E-state index is 0.0800. The van der Waals surface area contributed by atoms with Crippen molar-refractivity contribution in [1.82, 2.24) is 15.1 Å². The zero-order valence-electron chi connectivity index (χ0n) is 16.7. The Morgan fingerprint density at radius 3 is 2.66 bits per heavy atom. The van der Waals surface area contributed by atoms with Crippen molar-refractivity contribution in [3.05, 3.63) is 42.5 Å². The molecule has 2 heterocycles. The lowest BCUT2D eigenvalue weighted by Gasteiger charge is -2.44. The van der Waals surface area contributed by atoms with Gasteiger partial charge in [-0.3, -0.25) is 14.9 Å². The lowest BCUT2D eigenvalue weighted by Crippen LogP contribution is -2.59. The van der Waals surface area contributed by atoms with Crippen molar-refractivity contribution >= 4 is 23.6 Å². The molecular weight excluding hydrogens is 396 g/mol. The second-order valence-electron chi connectivity index (χ2n) is 7.83. The van der Waals surface area contributed by atoms with Gasteiger partial charge < -0.3 is 9.80 Å². The van der Waals surface area contributed by atoms with Crippen LogP contribution in [-0.4, -0.2) is 58.7 Å². The SMILES string of the molecule is C=CCN1C(=O)C(C(C)C)NC12CCN(C(=O)c1cccc(SC(F)F)c1)CC2. The van der Waals surface area contributed by atoms with Gasteiger partial charge in [0.15, 0.2) is 0 Å². The normalized spacial score (nSPS) is 21.4. The van der Waals surface area contributed by atoms with E-state index in [-0.39, 0.29) is 23.8 Å². The predicted molar refractivity (Wildman–Crippen MR) is 110 cm³/mol. The van der Waals surface area contributed by atoms with E-state index in [1.807, 2.05) is 18.7 Å². The Balaban J connectivity index is 1.71. The molecule has 1 aromatic carbocycles. The quantitative estimate of drug-likeness (QED) is 0.561. The molecule has 1 atom stereocenters. The fourth-order valence-corrected chi connectivity index (χ4v) is 4.69. The van der Waals surface area contributed by atoms with Crippen molar-refractivity contribution in [2.24, 2.45) is 5.92 Å². The van der Waals surface area contributed by atoms with Crippen LogP contribution in [0, 0.1) is 5.92 Å². The summed E-state index contributed by atoms with van der Waals surface area (Å²) in [5.74, 6) is -2.44. The minimum Gasteiger partial charge on any atom is -0.338 e. The molecule has 2 aliphatic heterocycles. The molecular formula is C21H27F2N3O2S. The highest BCUT2D eigenvalue weighted by molar-refractivity contribution is 7.99. The number of halogens is 2. The van der Waals surface area contributed by atoms with E-state index in [0.717, 1.165) is 0 Å². The van der Waals surface area contributed by atoms with E-state index < -0.39 is 11.4 Å². The van der Waals surface area contributed by atoms with Gasteiger partial charge in [-0.25, -0.2) is 0 Å². The van der Waals surface area contributed by atoms with Crippen molar-refractivity contribution in [2.45, 2.75) is 49.0 Å². The average Bonchev–Trinajstić information content (AvgIpc) is 2.94. The van der Waals surface area contributed by atoms with Crippen LogP contribution in [0.25, 0.3) is 0 Å². The molecule has 1 aromatic rings. The predicted octanol–water partition coefficient (Wildman–Crippen LogP) is 3.58. The van der Waals surface area contributed by atoms with Crippen molar-refractivity contribution < 1.29 is 18.4 Å². The summed E-state index contributed by atoms with van der Waals surface area (Å²) >= 11 is 0.433. The molecule has 2 saturated heterocycles. The second kappa shape index (κ2) is 8.83. The fraction of sp³-hybridized carbons (Fsp3) is 0.524. The first-order chi connectivity index (χ1) is 13.8. The number of nitrogens with one attached hydrogen (secondary N) is 1. The maximum Gasteiger partial charge on any atom is 0.288 e. The summed E-state index contributed by atoms with van der Waals surface area (Å²) < 4.78 is 25.2. The maximum atomic E-state index is 12.9. The monoisotopic (exact) mass is 423 g/mol. The maximum absolute atomic E-state index is 12.9. The van der Waals surface area contributed by atoms with Gasteiger partial charge in [0.1, 0.15) is 0 Å². The molecule has 0 radical (unpaired) electrons. The molecule has 1 unspecified atom stereocenters. The second-order valence-corrected chi connectivity index (χ2v) is 8.90. The Hall–Kier alpha value is -1.93. The van der Waals surface area contributed by atoms with E-state index >= 15 is 0 Å². The fourth-order valence-electron chi connectivity index (χ4n) is 4.14. The number of alkyl halides is 2. The molecule has 1 spiro atoms. The summed E-state index contributed by atoms with van der Waals surface area (Å²) in [7, 11) is 0. The number of carbonyl (C=O) groups is 2. The highest BCUT2D eigenvalue weighted by atomic mass is 32.2. The minimum atomic E-state index is -2.52. The molecule has 3 rings (SSSR count). The van der Waals surface area contributed by atoms with Crippen molar-refractivity contribution in [1.29, 1.82) is 0 Å². The molecule has 158 valence electrons. The zero-order chi connectivity index (χ0) is 21.2. The molecule has 0 aromatic heterocycles. The van der Waals surface area contributed by atoms with Crippen LogP contribution >= 0.6 is 11.8 Å². The Bertz CT molecular complexity index is 779. The highest BCUT2D eigenvalue weighted by Crippen LogP contribution is 2.35. The number of likely N-dealkylation sites (tertiary alicyclic amines) is 1. The van der Waals surface area contributed by atoms with Crippen molar-refractivity contribution in [2.75, 3.05) is 19.6 Å².